The predicted molar refractivity (Wildman–Crippen MR) is 78.0 cm³/mol. The topological polar surface area (TPSA) is 46.6 Å². The van der Waals surface area contributed by atoms with Crippen LogP contribution < -0.4 is 0 Å². The quantitative estimate of drug-likeness (QED) is 0.832. The van der Waals surface area contributed by atoms with Crippen LogP contribution in [0.25, 0.3) is 0 Å². The van der Waals surface area contributed by atoms with Gasteiger partial charge in [0.05, 0.1) is 17.4 Å². The molecule has 0 radical (unpaired) electrons. The zero-order valence-corrected chi connectivity index (χ0v) is 12.6. The van der Waals surface area contributed by atoms with E-state index in [1.807, 2.05) is 30.3 Å². The Labute approximate surface area is 120 Å². The molecule has 1 saturated heterocycles. The van der Waals surface area contributed by atoms with Crippen LogP contribution in [-0.4, -0.2) is 43.8 Å². The highest BCUT2D eigenvalue weighted by molar-refractivity contribution is 7.90. The Morgan fingerprint density at radius 3 is 2.50 bits per heavy atom. The van der Waals surface area contributed by atoms with E-state index < -0.39 is 10.0 Å². The molecule has 0 aromatic heterocycles. The molecule has 2 aliphatic rings. The van der Waals surface area contributed by atoms with E-state index in [9.17, 15) is 8.42 Å². The summed E-state index contributed by atoms with van der Waals surface area (Å²) in [6.07, 6.45) is 3.15. The second kappa shape index (κ2) is 5.47. The van der Waals surface area contributed by atoms with Crippen molar-refractivity contribution in [2.24, 2.45) is 0 Å². The second-order valence-corrected chi connectivity index (χ2v) is 7.84. The maximum Gasteiger partial charge on any atom is 0.217 e. The van der Waals surface area contributed by atoms with E-state index in [1.165, 1.54) is 0 Å². The molecule has 20 heavy (non-hydrogen) atoms. The van der Waals surface area contributed by atoms with Crippen LogP contribution >= 0.6 is 0 Å². The maximum absolute atomic E-state index is 12.5. The molecule has 3 rings (SSSR count). The normalized spacial score (nSPS) is 27.9. The molecule has 0 amide bonds. The molecule has 1 saturated carbocycles. The molecule has 2 fully saturated rings. The molecule has 1 aromatic rings. The molecule has 5 heteroatoms. The fraction of sp³-hybridized carbons (Fsp3) is 0.600. The van der Waals surface area contributed by atoms with Gasteiger partial charge in [-0.3, -0.25) is 0 Å². The van der Waals surface area contributed by atoms with Gasteiger partial charge in [-0.05, 0) is 31.2 Å². The van der Waals surface area contributed by atoms with Crippen LogP contribution in [0.3, 0.4) is 0 Å². The summed E-state index contributed by atoms with van der Waals surface area (Å²) in [6, 6.07) is 10.00. The largest absolute Gasteiger partial charge is 0.380 e. The van der Waals surface area contributed by atoms with Gasteiger partial charge in [-0.2, -0.15) is 4.31 Å². The van der Waals surface area contributed by atoms with E-state index in [1.54, 1.807) is 11.4 Å². The van der Waals surface area contributed by atoms with Gasteiger partial charge in [-0.1, -0.05) is 30.3 Å². The van der Waals surface area contributed by atoms with Gasteiger partial charge in [-0.15, -0.1) is 0 Å². The van der Waals surface area contributed by atoms with Crippen molar-refractivity contribution >= 4 is 10.0 Å². The van der Waals surface area contributed by atoms with Gasteiger partial charge in [0.25, 0.3) is 0 Å². The molecule has 0 bridgehead atoms. The van der Waals surface area contributed by atoms with E-state index in [2.05, 4.69) is 0 Å². The third-order valence-corrected chi connectivity index (χ3v) is 6.72. The highest BCUT2D eigenvalue weighted by Gasteiger charge is 2.47. The van der Waals surface area contributed by atoms with Gasteiger partial charge in [0.1, 0.15) is 0 Å². The van der Waals surface area contributed by atoms with Gasteiger partial charge in [0.2, 0.25) is 10.0 Å². The SMILES string of the molecule is CO[C@@H]1CCN(S(=O)(=O)C2CC2)[C@@H]1Cc1ccccc1. The third kappa shape index (κ3) is 2.62. The number of sulfonamides is 1. The Kier molecular flexibility index (Phi) is 3.84. The minimum atomic E-state index is -3.12. The molecular formula is C15H21NO3S. The molecule has 1 aliphatic heterocycles. The van der Waals surface area contributed by atoms with Gasteiger partial charge in [-0.25, -0.2) is 8.42 Å². The summed E-state index contributed by atoms with van der Waals surface area (Å²) in [4.78, 5) is 0. The molecule has 1 heterocycles. The van der Waals surface area contributed by atoms with Crippen molar-refractivity contribution in [3.8, 4) is 0 Å². The van der Waals surface area contributed by atoms with Crippen molar-refractivity contribution in [2.45, 2.75) is 43.1 Å². The van der Waals surface area contributed by atoms with Crippen molar-refractivity contribution < 1.29 is 13.2 Å². The molecule has 1 aliphatic carbocycles. The van der Waals surface area contributed by atoms with Gasteiger partial charge >= 0.3 is 0 Å². The summed E-state index contributed by atoms with van der Waals surface area (Å²) in [7, 11) is -1.45. The number of benzene rings is 1. The average molecular weight is 295 g/mol. The average Bonchev–Trinajstić information content (AvgIpc) is 3.23. The zero-order valence-electron chi connectivity index (χ0n) is 11.7. The van der Waals surface area contributed by atoms with Crippen LogP contribution in [0.5, 0.6) is 0 Å². The van der Waals surface area contributed by atoms with Crippen molar-refractivity contribution in [2.75, 3.05) is 13.7 Å². The molecule has 0 unspecified atom stereocenters. The van der Waals surface area contributed by atoms with E-state index in [0.29, 0.717) is 6.54 Å². The van der Waals surface area contributed by atoms with Crippen LogP contribution in [0.15, 0.2) is 30.3 Å². The van der Waals surface area contributed by atoms with Gasteiger partial charge in [0.15, 0.2) is 0 Å². The van der Waals surface area contributed by atoms with E-state index >= 15 is 0 Å². The molecule has 110 valence electrons. The monoisotopic (exact) mass is 295 g/mol. The molecular weight excluding hydrogens is 274 g/mol. The first-order valence-corrected chi connectivity index (χ1v) is 8.70. The Hall–Kier alpha value is -0.910. The lowest BCUT2D eigenvalue weighted by Crippen LogP contribution is -2.43. The molecule has 2 atom stereocenters. The van der Waals surface area contributed by atoms with Crippen LogP contribution in [-0.2, 0) is 21.2 Å². The lowest BCUT2D eigenvalue weighted by molar-refractivity contribution is 0.0809. The van der Waals surface area contributed by atoms with Crippen LogP contribution in [0.2, 0.25) is 0 Å². The first-order valence-electron chi connectivity index (χ1n) is 7.20. The van der Waals surface area contributed by atoms with Crippen molar-refractivity contribution in [1.29, 1.82) is 0 Å². The number of hydrogen-bond acceptors (Lipinski definition) is 3. The van der Waals surface area contributed by atoms with E-state index in [0.717, 1.165) is 31.2 Å². The maximum atomic E-state index is 12.5. The Bertz CT molecular complexity index is 554. The number of rotatable bonds is 5. The molecule has 0 spiro atoms. The summed E-state index contributed by atoms with van der Waals surface area (Å²) in [5.74, 6) is 0. The Balaban J connectivity index is 1.83. The number of ether oxygens (including phenoxy) is 1. The van der Waals surface area contributed by atoms with Crippen molar-refractivity contribution in [3.63, 3.8) is 0 Å². The summed E-state index contributed by atoms with van der Waals surface area (Å²) >= 11 is 0. The van der Waals surface area contributed by atoms with Crippen molar-refractivity contribution in [1.82, 2.24) is 4.31 Å². The lowest BCUT2D eigenvalue weighted by atomic mass is 10.0. The Morgan fingerprint density at radius 1 is 1.20 bits per heavy atom. The van der Waals surface area contributed by atoms with Gasteiger partial charge < -0.3 is 4.74 Å². The zero-order chi connectivity index (χ0) is 14.2. The minimum Gasteiger partial charge on any atom is -0.380 e. The van der Waals surface area contributed by atoms with E-state index in [4.69, 9.17) is 4.74 Å². The minimum absolute atomic E-state index is 0.00345. The summed E-state index contributed by atoms with van der Waals surface area (Å²) < 4.78 is 32.3. The second-order valence-electron chi connectivity index (χ2n) is 5.67. The standard InChI is InChI=1S/C15H21NO3S/c1-19-15-9-10-16(20(17,18)13-7-8-13)14(15)11-12-5-3-2-4-6-12/h2-6,13-15H,7-11H2,1H3/t14-,15-/m1/s1. The molecule has 0 N–H and O–H groups in total. The molecule has 4 nitrogen and oxygen atoms in total. The van der Waals surface area contributed by atoms with Crippen molar-refractivity contribution in [3.05, 3.63) is 35.9 Å². The van der Waals surface area contributed by atoms with Gasteiger partial charge in [0, 0.05) is 13.7 Å². The number of hydrogen-bond donors (Lipinski definition) is 0. The Morgan fingerprint density at radius 2 is 1.90 bits per heavy atom. The predicted octanol–water partition coefficient (Wildman–Crippen LogP) is 1.81. The first-order chi connectivity index (χ1) is 9.63. The van der Waals surface area contributed by atoms with Crippen LogP contribution in [0.1, 0.15) is 24.8 Å². The first kappa shape index (κ1) is 14.0. The fourth-order valence-electron chi connectivity index (χ4n) is 3.04. The summed E-state index contributed by atoms with van der Waals surface area (Å²) in [6.45, 7) is 0.592. The highest BCUT2D eigenvalue weighted by Crippen LogP contribution is 2.36. The summed E-state index contributed by atoms with van der Waals surface area (Å²) in [5, 5.41) is -0.142. The number of nitrogens with zero attached hydrogens (tertiary/aromatic N) is 1. The third-order valence-electron chi connectivity index (χ3n) is 4.30. The smallest absolute Gasteiger partial charge is 0.217 e. The fourth-order valence-corrected chi connectivity index (χ4v) is 5.10. The summed E-state index contributed by atoms with van der Waals surface area (Å²) in [5.41, 5.74) is 1.16. The van der Waals surface area contributed by atoms with Crippen LogP contribution in [0.4, 0.5) is 0 Å². The number of methoxy groups -OCH3 is 1. The highest BCUT2D eigenvalue weighted by atomic mass is 32.2. The lowest BCUT2D eigenvalue weighted by Gasteiger charge is -2.27. The van der Waals surface area contributed by atoms with E-state index in [-0.39, 0.29) is 17.4 Å². The molecule has 1 aromatic carbocycles. The van der Waals surface area contributed by atoms with Crippen LogP contribution in [0, 0.1) is 0 Å².